The molecular weight excluding hydrogens is 484 g/mol. The summed E-state index contributed by atoms with van der Waals surface area (Å²) in [6.45, 7) is 6.60. The maximum Gasteiger partial charge on any atom is 0.175 e. The topological polar surface area (TPSA) is 91.6 Å². The van der Waals surface area contributed by atoms with Crippen molar-refractivity contribution in [2.45, 2.75) is 52.4 Å². The smallest absolute Gasteiger partial charge is 0.175 e. The maximum atomic E-state index is 13.3. The first-order valence-electron chi connectivity index (χ1n) is 11.4. The molecule has 2 atom stereocenters. The lowest BCUT2D eigenvalue weighted by Crippen LogP contribution is -2.34. The van der Waals surface area contributed by atoms with Crippen LogP contribution in [0.3, 0.4) is 0 Å². The molecule has 2 N–H and O–H groups in total. The number of nitrogens with zero attached hydrogens (tertiary/aromatic N) is 1. The van der Waals surface area contributed by atoms with E-state index >= 15 is 0 Å². The lowest BCUT2D eigenvalue weighted by atomic mass is 9.72. The molecule has 0 fully saturated rings. The van der Waals surface area contributed by atoms with Crippen molar-refractivity contribution < 1.29 is 19.4 Å². The number of carbonyl (C=O) groups excluding carboxylic acids is 1. The number of benzene rings is 1. The predicted molar refractivity (Wildman–Crippen MR) is 131 cm³/mol. The Balaban J connectivity index is 2.08. The summed E-state index contributed by atoms with van der Waals surface area (Å²) in [6.07, 6.45) is 6.73. The molecular formula is C26H31BrN2O4. The standard InChI is InChI=1S/C26H31BrN2O4/c1-4-8-17-11-21-25(22(31)12-17)24(19(15-28)16(3)29-21)18-13-20(27)26(23(14-18)32-5-2)33-10-7-6-9-30/h6-7,13-14,17,24,29-30H,4-5,8-12H2,1-3H3/b7-6+. The molecule has 1 heterocycles. The zero-order valence-electron chi connectivity index (χ0n) is 19.4. The van der Waals surface area contributed by atoms with Gasteiger partial charge in [0.05, 0.1) is 35.2 Å². The van der Waals surface area contributed by atoms with Crippen LogP contribution in [-0.4, -0.2) is 30.7 Å². The van der Waals surface area contributed by atoms with Gasteiger partial charge in [0.25, 0.3) is 0 Å². The minimum Gasteiger partial charge on any atom is -0.490 e. The molecule has 33 heavy (non-hydrogen) atoms. The number of hydrogen-bond donors (Lipinski definition) is 2. The molecule has 2 aliphatic rings. The lowest BCUT2D eigenvalue weighted by molar-refractivity contribution is -0.117. The second-order valence-corrected chi connectivity index (χ2v) is 9.17. The summed E-state index contributed by atoms with van der Waals surface area (Å²) in [5.41, 5.74) is 3.78. The van der Waals surface area contributed by atoms with E-state index in [-0.39, 0.29) is 19.0 Å². The van der Waals surface area contributed by atoms with Crippen LogP contribution in [0.4, 0.5) is 0 Å². The minimum absolute atomic E-state index is 0.0509. The van der Waals surface area contributed by atoms with Crippen LogP contribution in [0.2, 0.25) is 0 Å². The van der Waals surface area contributed by atoms with Gasteiger partial charge in [0.1, 0.15) is 6.61 Å². The van der Waals surface area contributed by atoms with Gasteiger partial charge in [0, 0.05) is 23.4 Å². The van der Waals surface area contributed by atoms with Crippen molar-refractivity contribution in [3.8, 4) is 17.6 Å². The van der Waals surface area contributed by atoms with Crippen molar-refractivity contribution in [3.05, 3.63) is 56.9 Å². The number of allylic oxidation sites excluding steroid dienone is 4. The summed E-state index contributed by atoms with van der Waals surface area (Å²) in [5, 5.41) is 22.3. The molecule has 1 aliphatic carbocycles. The van der Waals surface area contributed by atoms with Crippen molar-refractivity contribution in [2.75, 3.05) is 19.8 Å². The maximum absolute atomic E-state index is 13.3. The fraction of sp³-hybridized carbons (Fsp3) is 0.462. The van der Waals surface area contributed by atoms with Crippen LogP contribution in [0, 0.1) is 17.2 Å². The Labute approximate surface area is 204 Å². The predicted octanol–water partition coefficient (Wildman–Crippen LogP) is 5.29. The highest BCUT2D eigenvalue weighted by molar-refractivity contribution is 9.10. The van der Waals surface area contributed by atoms with Crippen molar-refractivity contribution >= 4 is 21.7 Å². The Kier molecular flexibility index (Phi) is 8.76. The van der Waals surface area contributed by atoms with Crippen LogP contribution in [0.25, 0.3) is 0 Å². The second-order valence-electron chi connectivity index (χ2n) is 8.31. The van der Waals surface area contributed by atoms with Crippen LogP contribution >= 0.6 is 15.9 Å². The molecule has 7 heteroatoms. The van der Waals surface area contributed by atoms with Gasteiger partial charge in [0.15, 0.2) is 17.3 Å². The molecule has 2 unspecified atom stereocenters. The Hall–Kier alpha value is -2.56. The number of dihydropyridines is 1. The van der Waals surface area contributed by atoms with Crippen LogP contribution in [-0.2, 0) is 4.79 Å². The number of ketones is 1. The molecule has 0 spiro atoms. The summed E-state index contributed by atoms with van der Waals surface area (Å²) in [7, 11) is 0. The van der Waals surface area contributed by atoms with E-state index in [9.17, 15) is 10.1 Å². The Morgan fingerprint density at radius 2 is 2.06 bits per heavy atom. The van der Waals surface area contributed by atoms with E-state index in [1.54, 1.807) is 12.2 Å². The Morgan fingerprint density at radius 1 is 1.27 bits per heavy atom. The highest BCUT2D eigenvalue weighted by Crippen LogP contribution is 2.47. The van der Waals surface area contributed by atoms with Crippen LogP contribution < -0.4 is 14.8 Å². The van der Waals surface area contributed by atoms with Crippen molar-refractivity contribution in [1.29, 1.82) is 5.26 Å². The van der Waals surface area contributed by atoms with Gasteiger partial charge < -0.3 is 19.9 Å². The van der Waals surface area contributed by atoms with Gasteiger partial charge in [-0.1, -0.05) is 19.4 Å². The van der Waals surface area contributed by atoms with E-state index in [1.165, 1.54) is 0 Å². The van der Waals surface area contributed by atoms with Crippen molar-refractivity contribution in [1.82, 2.24) is 5.32 Å². The number of Topliss-reactive ketones (excluding diaryl/α,β-unsaturated/α-hetero) is 1. The van der Waals surface area contributed by atoms with Crippen LogP contribution in [0.15, 0.2) is 51.3 Å². The third kappa shape index (κ3) is 5.51. The van der Waals surface area contributed by atoms with E-state index in [4.69, 9.17) is 14.6 Å². The number of hydrogen-bond acceptors (Lipinski definition) is 6. The molecule has 1 aromatic carbocycles. The number of aliphatic hydroxyl groups is 1. The molecule has 6 nitrogen and oxygen atoms in total. The average molecular weight is 515 g/mol. The molecule has 0 bridgehead atoms. The van der Waals surface area contributed by atoms with Gasteiger partial charge in [0.2, 0.25) is 0 Å². The van der Waals surface area contributed by atoms with Crippen molar-refractivity contribution in [2.24, 2.45) is 5.92 Å². The third-order valence-corrected chi connectivity index (χ3v) is 6.58. The third-order valence-electron chi connectivity index (χ3n) is 5.99. The SMILES string of the molecule is CCCC1CC(=O)C2=C(C1)NC(C)=C(C#N)C2c1cc(Br)c(OC/C=C/CO)c(OCC)c1. The summed E-state index contributed by atoms with van der Waals surface area (Å²) in [5.74, 6) is 1.08. The Morgan fingerprint density at radius 3 is 2.73 bits per heavy atom. The van der Waals surface area contributed by atoms with E-state index in [2.05, 4.69) is 34.2 Å². The molecule has 0 saturated carbocycles. The number of halogens is 1. The summed E-state index contributed by atoms with van der Waals surface area (Å²) in [4.78, 5) is 13.3. The number of rotatable bonds is 9. The zero-order valence-corrected chi connectivity index (χ0v) is 21.0. The highest BCUT2D eigenvalue weighted by atomic mass is 79.9. The first kappa shape index (κ1) is 25.1. The van der Waals surface area contributed by atoms with Gasteiger partial charge >= 0.3 is 0 Å². The number of aliphatic hydroxyl groups excluding tert-OH is 1. The lowest BCUT2D eigenvalue weighted by Gasteiger charge is -2.35. The number of ether oxygens (including phenoxy) is 2. The molecule has 0 amide bonds. The Bertz CT molecular complexity index is 1040. The zero-order chi connectivity index (χ0) is 24.0. The van der Waals surface area contributed by atoms with E-state index < -0.39 is 5.92 Å². The first-order chi connectivity index (χ1) is 15.9. The minimum atomic E-state index is -0.444. The van der Waals surface area contributed by atoms with E-state index in [0.717, 1.165) is 36.2 Å². The van der Waals surface area contributed by atoms with E-state index in [1.807, 2.05) is 26.0 Å². The first-order valence-corrected chi connectivity index (χ1v) is 12.2. The largest absolute Gasteiger partial charge is 0.490 e. The molecule has 0 aromatic heterocycles. The average Bonchev–Trinajstić information content (AvgIpc) is 2.77. The highest BCUT2D eigenvalue weighted by Gasteiger charge is 2.38. The van der Waals surface area contributed by atoms with Gasteiger partial charge in [-0.2, -0.15) is 5.26 Å². The molecule has 0 radical (unpaired) electrons. The van der Waals surface area contributed by atoms with Crippen molar-refractivity contribution in [3.63, 3.8) is 0 Å². The molecule has 1 aromatic rings. The van der Waals surface area contributed by atoms with Gasteiger partial charge in [-0.3, -0.25) is 4.79 Å². The monoisotopic (exact) mass is 514 g/mol. The van der Waals surface area contributed by atoms with Gasteiger partial charge in [-0.15, -0.1) is 0 Å². The normalized spacial score (nSPS) is 20.5. The summed E-state index contributed by atoms with van der Waals surface area (Å²) in [6, 6.07) is 6.11. The quantitative estimate of drug-likeness (QED) is 0.434. The second kappa shape index (κ2) is 11.5. The van der Waals surface area contributed by atoms with Gasteiger partial charge in [-0.05, 0) is 72.3 Å². The molecule has 0 saturated heterocycles. The van der Waals surface area contributed by atoms with Gasteiger partial charge in [-0.25, -0.2) is 0 Å². The summed E-state index contributed by atoms with van der Waals surface area (Å²) < 4.78 is 12.4. The molecule has 1 aliphatic heterocycles. The summed E-state index contributed by atoms with van der Waals surface area (Å²) >= 11 is 3.60. The molecule has 3 rings (SSSR count). The number of nitrogens with one attached hydrogen (secondary N) is 1. The van der Waals surface area contributed by atoms with Crippen LogP contribution in [0.1, 0.15) is 57.9 Å². The number of nitriles is 1. The molecule has 176 valence electrons. The van der Waals surface area contributed by atoms with Crippen LogP contribution in [0.5, 0.6) is 11.5 Å². The fourth-order valence-corrected chi connectivity index (χ4v) is 5.22. The van der Waals surface area contributed by atoms with E-state index in [0.29, 0.717) is 46.1 Å². The number of carbonyl (C=O) groups is 1. The fourth-order valence-electron chi connectivity index (χ4n) is 4.65.